The van der Waals surface area contributed by atoms with Crippen LogP contribution in [0.5, 0.6) is 0 Å². The lowest BCUT2D eigenvalue weighted by Gasteiger charge is -2.11. The summed E-state index contributed by atoms with van der Waals surface area (Å²) in [7, 11) is 0. The first-order chi connectivity index (χ1) is 11.8. The van der Waals surface area contributed by atoms with Crippen LogP contribution in [0.15, 0.2) is 0 Å². The topological polar surface area (TPSA) is 178 Å². The maximum atomic E-state index is 11.6. The number of carbonyl (C=O) groups is 3. The molecule has 10 nitrogen and oxygen atoms in total. The molecule has 0 aromatic carbocycles. The molecule has 0 radical (unpaired) electrons. The molecular formula is C15H29N5O5. The Morgan fingerprint density at radius 3 is 2.24 bits per heavy atom. The highest BCUT2D eigenvalue weighted by Crippen LogP contribution is 2.02. The lowest BCUT2D eigenvalue weighted by Crippen LogP contribution is -2.38. The number of unbranched alkanes of at least 4 members (excludes halogenated alkanes) is 3. The second-order valence-corrected chi connectivity index (χ2v) is 5.59. The third-order valence-electron chi connectivity index (χ3n) is 3.33. The van der Waals surface area contributed by atoms with Gasteiger partial charge in [-0.15, -0.1) is 0 Å². The summed E-state index contributed by atoms with van der Waals surface area (Å²) in [5.74, 6) is -1.86. The molecule has 0 bridgehead atoms. The largest absolute Gasteiger partial charge is 0.481 e. The molecular weight excluding hydrogens is 330 g/mol. The normalized spacial score (nSPS) is 11.4. The van der Waals surface area contributed by atoms with Gasteiger partial charge in [0.2, 0.25) is 11.8 Å². The van der Waals surface area contributed by atoms with Crippen molar-refractivity contribution in [1.82, 2.24) is 16.0 Å². The van der Waals surface area contributed by atoms with Gasteiger partial charge in [-0.2, -0.15) is 0 Å². The van der Waals surface area contributed by atoms with Gasteiger partial charge in [-0.25, -0.2) is 0 Å². The lowest BCUT2D eigenvalue weighted by atomic mass is 10.1. The molecule has 144 valence electrons. The zero-order valence-corrected chi connectivity index (χ0v) is 14.3. The van der Waals surface area contributed by atoms with Crippen LogP contribution in [0.25, 0.3) is 0 Å². The van der Waals surface area contributed by atoms with E-state index in [0.29, 0.717) is 13.0 Å². The number of aliphatic hydroxyl groups excluding tert-OH is 1. The van der Waals surface area contributed by atoms with Gasteiger partial charge < -0.3 is 31.9 Å². The number of carbonyl (C=O) groups excluding carboxylic acids is 2. The molecule has 10 heteroatoms. The Morgan fingerprint density at radius 1 is 0.920 bits per heavy atom. The van der Waals surface area contributed by atoms with E-state index in [4.69, 9.17) is 16.2 Å². The Kier molecular flexibility index (Phi) is 12.7. The minimum atomic E-state index is -1.28. The van der Waals surface area contributed by atoms with Gasteiger partial charge in [-0.3, -0.25) is 19.8 Å². The molecule has 0 saturated heterocycles. The van der Waals surface area contributed by atoms with Crippen molar-refractivity contribution in [2.45, 2.75) is 51.0 Å². The zero-order valence-electron chi connectivity index (χ0n) is 14.3. The smallest absolute Gasteiger partial charge is 0.305 e. The Morgan fingerprint density at radius 2 is 1.60 bits per heavy atom. The average Bonchev–Trinajstić information content (AvgIpc) is 2.53. The van der Waals surface area contributed by atoms with Crippen molar-refractivity contribution in [2.24, 2.45) is 5.73 Å². The number of carboxylic acid groups (broad SMARTS) is 1. The second kappa shape index (κ2) is 14.0. The molecule has 0 heterocycles. The quantitative estimate of drug-likeness (QED) is 0.117. The predicted molar refractivity (Wildman–Crippen MR) is 91.9 cm³/mol. The van der Waals surface area contributed by atoms with Crippen LogP contribution < -0.4 is 21.7 Å². The first kappa shape index (κ1) is 22.6. The summed E-state index contributed by atoms with van der Waals surface area (Å²) < 4.78 is 0. The number of nitrogens with one attached hydrogen (secondary N) is 4. The summed E-state index contributed by atoms with van der Waals surface area (Å²) in [6.07, 6.45) is 2.41. The highest BCUT2D eigenvalue weighted by molar-refractivity contribution is 5.81. The summed E-state index contributed by atoms with van der Waals surface area (Å²) in [5, 5.41) is 32.7. The van der Waals surface area contributed by atoms with Crippen LogP contribution >= 0.6 is 0 Å². The number of hydrogen-bond acceptors (Lipinski definition) is 5. The van der Waals surface area contributed by atoms with Gasteiger partial charge in [0.15, 0.2) is 5.96 Å². The van der Waals surface area contributed by atoms with Gasteiger partial charge in [-0.1, -0.05) is 12.8 Å². The van der Waals surface area contributed by atoms with Crippen molar-refractivity contribution < 1.29 is 24.6 Å². The number of carboxylic acids is 1. The van der Waals surface area contributed by atoms with Crippen molar-refractivity contribution in [3.8, 4) is 0 Å². The SMILES string of the molecule is N=C(N)NCCCCCCC(=O)NCCC(O)C(=O)NCCC(=O)O. The molecule has 0 fully saturated rings. The molecule has 0 spiro atoms. The molecule has 0 aliphatic heterocycles. The fourth-order valence-corrected chi connectivity index (χ4v) is 1.97. The number of hydrogen-bond donors (Lipinski definition) is 7. The highest BCUT2D eigenvalue weighted by atomic mass is 16.4. The number of nitrogens with two attached hydrogens (primary N) is 1. The summed E-state index contributed by atoms with van der Waals surface area (Å²) in [6.45, 7) is 0.780. The average molecular weight is 359 g/mol. The standard InChI is InChI=1S/C15H29N5O5/c16-15(17)20-8-4-2-1-3-5-12(22)18-9-6-11(21)14(25)19-10-7-13(23)24/h11,21H,1-10H2,(H,18,22)(H,19,25)(H,23,24)(H4,16,17,20). The highest BCUT2D eigenvalue weighted by Gasteiger charge is 2.14. The Bertz CT molecular complexity index is 444. The van der Waals surface area contributed by atoms with Gasteiger partial charge in [-0.05, 0) is 19.3 Å². The van der Waals surface area contributed by atoms with E-state index in [1.54, 1.807) is 0 Å². The Hall–Kier alpha value is -2.36. The number of aliphatic carboxylic acids is 1. The first-order valence-electron chi connectivity index (χ1n) is 8.35. The Balaban J connectivity index is 3.57. The van der Waals surface area contributed by atoms with Gasteiger partial charge in [0.05, 0.1) is 6.42 Å². The molecule has 0 saturated carbocycles. The molecule has 0 aromatic rings. The van der Waals surface area contributed by atoms with Crippen molar-refractivity contribution in [3.05, 3.63) is 0 Å². The second-order valence-electron chi connectivity index (χ2n) is 5.59. The molecule has 0 rings (SSSR count). The third-order valence-corrected chi connectivity index (χ3v) is 3.33. The van der Waals surface area contributed by atoms with E-state index in [0.717, 1.165) is 25.7 Å². The van der Waals surface area contributed by atoms with E-state index < -0.39 is 18.0 Å². The molecule has 1 atom stereocenters. The fraction of sp³-hybridized carbons (Fsp3) is 0.733. The molecule has 0 aliphatic rings. The van der Waals surface area contributed by atoms with Crippen LogP contribution in [0.4, 0.5) is 0 Å². The molecule has 0 aromatic heterocycles. The fourth-order valence-electron chi connectivity index (χ4n) is 1.97. The van der Waals surface area contributed by atoms with Crippen molar-refractivity contribution >= 4 is 23.7 Å². The summed E-state index contributed by atoms with van der Waals surface area (Å²) in [4.78, 5) is 33.4. The number of aliphatic hydroxyl groups is 1. The predicted octanol–water partition coefficient (Wildman–Crippen LogP) is -1.12. The van der Waals surface area contributed by atoms with E-state index in [1.807, 2.05) is 0 Å². The maximum Gasteiger partial charge on any atom is 0.305 e. The summed E-state index contributed by atoms with van der Waals surface area (Å²) >= 11 is 0. The van der Waals surface area contributed by atoms with Crippen LogP contribution in [-0.4, -0.2) is 59.7 Å². The maximum absolute atomic E-state index is 11.6. The number of guanidine groups is 1. The number of rotatable bonds is 14. The van der Waals surface area contributed by atoms with Crippen LogP contribution in [-0.2, 0) is 14.4 Å². The summed E-state index contributed by atoms with van der Waals surface area (Å²) in [6, 6.07) is 0. The van der Waals surface area contributed by atoms with Crippen LogP contribution in [0.2, 0.25) is 0 Å². The molecule has 8 N–H and O–H groups in total. The monoisotopic (exact) mass is 359 g/mol. The van der Waals surface area contributed by atoms with E-state index in [1.165, 1.54) is 0 Å². The molecule has 2 amide bonds. The van der Waals surface area contributed by atoms with E-state index in [2.05, 4.69) is 16.0 Å². The van der Waals surface area contributed by atoms with Gasteiger partial charge >= 0.3 is 5.97 Å². The minimum Gasteiger partial charge on any atom is -0.481 e. The van der Waals surface area contributed by atoms with Crippen molar-refractivity contribution in [2.75, 3.05) is 19.6 Å². The van der Waals surface area contributed by atoms with E-state index in [9.17, 15) is 19.5 Å². The third kappa shape index (κ3) is 14.9. The summed E-state index contributed by atoms with van der Waals surface area (Å²) in [5.41, 5.74) is 5.15. The first-order valence-corrected chi connectivity index (χ1v) is 8.35. The van der Waals surface area contributed by atoms with Crippen LogP contribution in [0, 0.1) is 5.41 Å². The van der Waals surface area contributed by atoms with Gasteiger partial charge in [0.1, 0.15) is 6.10 Å². The number of amides is 2. The van der Waals surface area contributed by atoms with Crippen LogP contribution in [0.3, 0.4) is 0 Å². The molecule has 25 heavy (non-hydrogen) atoms. The molecule has 1 unspecified atom stereocenters. The zero-order chi connectivity index (χ0) is 19.1. The van der Waals surface area contributed by atoms with Crippen molar-refractivity contribution in [1.29, 1.82) is 5.41 Å². The van der Waals surface area contributed by atoms with Crippen molar-refractivity contribution in [3.63, 3.8) is 0 Å². The Labute approximate surface area is 147 Å². The van der Waals surface area contributed by atoms with Crippen LogP contribution in [0.1, 0.15) is 44.9 Å². The van der Waals surface area contributed by atoms with E-state index >= 15 is 0 Å². The van der Waals surface area contributed by atoms with Gasteiger partial charge in [0.25, 0.3) is 0 Å². The van der Waals surface area contributed by atoms with Gasteiger partial charge in [0, 0.05) is 26.1 Å². The molecule has 0 aliphatic carbocycles. The lowest BCUT2D eigenvalue weighted by molar-refractivity contribution is -0.137. The van der Waals surface area contributed by atoms with E-state index in [-0.39, 0.29) is 37.8 Å². The minimum absolute atomic E-state index is 0.0421.